The first kappa shape index (κ1) is 13.0. The van der Waals surface area contributed by atoms with Gasteiger partial charge in [0.05, 0.1) is 6.04 Å². The van der Waals surface area contributed by atoms with E-state index < -0.39 is 5.60 Å². The van der Waals surface area contributed by atoms with Gasteiger partial charge in [0.2, 0.25) is 0 Å². The minimum Gasteiger partial charge on any atom is -0.444 e. The molecular weight excluding hydrogens is 254 g/mol. The summed E-state index contributed by atoms with van der Waals surface area (Å²) in [6.07, 6.45) is 8.78. The summed E-state index contributed by atoms with van der Waals surface area (Å²) < 4.78 is 5.51. The summed E-state index contributed by atoms with van der Waals surface area (Å²) in [5.41, 5.74) is 0.0894. The molecule has 1 aromatic heterocycles. The summed E-state index contributed by atoms with van der Waals surface area (Å²) >= 11 is 0. The van der Waals surface area contributed by atoms with Gasteiger partial charge >= 0.3 is 6.09 Å². The van der Waals surface area contributed by atoms with Crippen LogP contribution in [0.15, 0.2) is 6.20 Å². The number of nitrogens with zero attached hydrogens (tertiary/aromatic N) is 2. The first-order valence-corrected chi connectivity index (χ1v) is 6.92. The van der Waals surface area contributed by atoms with E-state index in [0.29, 0.717) is 17.7 Å². The van der Waals surface area contributed by atoms with Crippen LogP contribution in [0.5, 0.6) is 0 Å². The molecule has 0 aromatic carbocycles. The van der Waals surface area contributed by atoms with Crippen LogP contribution >= 0.6 is 0 Å². The number of terminal acetylenes is 1. The van der Waals surface area contributed by atoms with E-state index in [1.807, 2.05) is 25.7 Å². The second-order valence-corrected chi connectivity index (χ2v) is 6.52. The molecule has 1 saturated heterocycles. The summed E-state index contributed by atoms with van der Waals surface area (Å²) in [4.78, 5) is 21.6. The number of likely N-dealkylation sites (tertiary alicyclic amines) is 1. The molecule has 0 spiro atoms. The van der Waals surface area contributed by atoms with Crippen molar-refractivity contribution in [1.82, 2.24) is 14.9 Å². The van der Waals surface area contributed by atoms with Crippen LogP contribution < -0.4 is 0 Å². The lowest BCUT2D eigenvalue weighted by Crippen LogP contribution is -2.38. The molecule has 0 radical (unpaired) electrons. The standard InChI is InChI=1S/C15H19N3O2/c1-5-10-8-16-13(17-10)12-7-9-6-11(9)18(12)14(19)20-15(2,3)4/h1,8-9,11-12H,6-7H2,2-4H3,(H,16,17)/t9-,11-,12?/m1/s1. The Balaban J connectivity index is 1.81. The van der Waals surface area contributed by atoms with Crippen molar-refractivity contribution >= 4 is 6.09 Å². The van der Waals surface area contributed by atoms with E-state index in [2.05, 4.69) is 15.9 Å². The van der Waals surface area contributed by atoms with Crippen molar-refractivity contribution in [1.29, 1.82) is 0 Å². The molecule has 1 saturated carbocycles. The van der Waals surface area contributed by atoms with Crippen molar-refractivity contribution < 1.29 is 9.53 Å². The van der Waals surface area contributed by atoms with E-state index in [0.717, 1.165) is 18.7 Å². The number of carbonyl (C=O) groups is 1. The van der Waals surface area contributed by atoms with Crippen LogP contribution in [0.1, 0.15) is 51.2 Å². The summed E-state index contributed by atoms with van der Waals surface area (Å²) in [5, 5.41) is 0. The van der Waals surface area contributed by atoms with Gasteiger partial charge in [-0.3, -0.25) is 4.90 Å². The summed E-state index contributed by atoms with van der Waals surface area (Å²) in [7, 11) is 0. The number of nitrogens with one attached hydrogen (secondary N) is 1. The molecule has 3 rings (SSSR count). The van der Waals surface area contributed by atoms with Gasteiger partial charge in [-0.05, 0) is 45.5 Å². The molecule has 5 heteroatoms. The Bertz CT molecular complexity index is 579. The molecule has 1 amide bonds. The van der Waals surface area contributed by atoms with E-state index >= 15 is 0 Å². The monoisotopic (exact) mass is 273 g/mol. The van der Waals surface area contributed by atoms with Crippen LogP contribution in [-0.2, 0) is 4.74 Å². The fourth-order valence-corrected chi connectivity index (χ4v) is 2.86. The van der Waals surface area contributed by atoms with Crippen LogP contribution in [0.2, 0.25) is 0 Å². The quantitative estimate of drug-likeness (QED) is 0.800. The van der Waals surface area contributed by atoms with Gasteiger partial charge in [0.25, 0.3) is 0 Å². The Hall–Kier alpha value is -1.96. The van der Waals surface area contributed by atoms with Gasteiger partial charge in [-0.1, -0.05) is 0 Å². The lowest BCUT2D eigenvalue weighted by atomic mass is 10.1. The zero-order chi connectivity index (χ0) is 14.5. The third-order valence-corrected chi connectivity index (χ3v) is 3.77. The third-order valence-electron chi connectivity index (χ3n) is 3.77. The van der Waals surface area contributed by atoms with Gasteiger partial charge in [-0.2, -0.15) is 0 Å². The Kier molecular flexibility index (Phi) is 2.79. The Labute approximate surface area is 118 Å². The van der Waals surface area contributed by atoms with E-state index in [4.69, 9.17) is 11.2 Å². The zero-order valence-electron chi connectivity index (χ0n) is 12.0. The molecule has 106 valence electrons. The van der Waals surface area contributed by atoms with E-state index in [9.17, 15) is 4.79 Å². The number of amides is 1. The maximum Gasteiger partial charge on any atom is 0.411 e. The summed E-state index contributed by atoms with van der Waals surface area (Å²) in [5.74, 6) is 3.83. The molecule has 1 aromatic rings. The molecule has 1 N–H and O–H groups in total. The predicted octanol–water partition coefficient (Wildman–Crippen LogP) is 2.46. The lowest BCUT2D eigenvalue weighted by molar-refractivity contribution is 0.0175. The number of aromatic nitrogens is 2. The Morgan fingerprint density at radius 3 is 2.90 bits per heavy atom. The average Bonchev–Trinajstić information content (AvgIpc) is 2.83. The fourth-order valence-electron chi connectivity index (χ4n) is 2.86. The maximum absolute atomic E-state index is 12.4. The normalized spacial score (nSPS) is 27.9. The first-order valence-electron chi connectivity index (χ1n) is 6.92. The SMILES string of the molecule is C#Cc1c[nH]c(C2C[C@H]3C[C@H]3N2C(=O)OC(C)(C)C)n1. The van der Waals surface area contributed by atoms with Gasteiger partial charge in [0.15, 0.2) is 0 Å². The van der Waals surface area contributed by atoms with Crippen molar-refractivity contribution in [2.45, 2.75) is 51.3 Å². The molecule has 20 heavy (non-hydrogen) atoms. The molecule has 0 bridgehead atoms. The number of ether oxygens (including phenoxy) is 1. The van der Waals surface area contributed by atoms with Gasteiger partial charge in [0.1, 0.15) is 17.1 Å². The minimum atomic E-state index is -0.484. The van der Waals surface area contributed by atoms with Gasteiger partial charge in [0, 0.05) is 12.2 Å². The number of aromatic amines is 1. The summed E-state index contributed by atoms with van der Waals surface area (Å²) in [6, 6.07) is 0.255. The Morgan fingerprint density at radius 1 is 1.55 bits per heavy atom. The maximum atomic E-state index is 12.4. The van der Waals surface area contributed by atoms with Crippen LogP contribution in [0, 0.1) is 18.3 Å². The van der Waals surface area contributed by atoms with Crippen molar-refractivity contribution in [2.24, 2.45) is 5.92 Å². The highest BCUT2D eigenvalue weighted by Gasteiger charge is 2.56. The molecule has 1 unspecified atom stereocenters. The number of imidazole rings is 1. The van der Waals surface area contributed by atoms with Gasteiger partial charge in [-0.15, -0.1) is 6.42 Å². The van der Waals surface area contributed by atoms with Gasteiger partial charge < -0.3 is 9.72 Å². The molecule has 2 aliphatic rings. The smallest absolute Gasteiger partial charge is 0.411 e. The number of piperidine rings is 1. The number of hydrogen-bond acceptors (Lipinski definition) is 3. The van der Waals surface area contributed by atoms with Crippen LogP contribution in [0.25, 0.3) is 0 Å². The number of fused-ring (bicyclic) bond motifs is 1. The van der Waals surface area contributed by atoms with Crippen molar-refractivity contribution in [2.75, 3.05) is 0 Å². The number of hydrogen-bond donors (Lipinski definition) is 1. The molecule has 2 heterocycles. The highest BCUT2D eigenvalue weighted by Crippen LogP contribution is 2.53. The zero-order valence-corrected chi connectivity index (χ0v) is 12.0. The Morgan fingerprint density at radius 2 is 2.30 bits per heavy atom. The highest BCUT2D eigenvalue weighted by atomic mass is 16.6. The number of rotatable bonds is 1. The summed E-state index contributed by atoms with van der Waals surface area (Å²) in [6.45, 7) is 5.64. The minimum absolute atomic E-state index is 0.0456. The highest BCUT2D eigenvalue weighted by molar-refractivity contribution is 5.70. The fraction of sp³-hybridized carbons (Fsp3) is 0.600. The predicted molar refractivity (Wildman–Crippen MR) is 73.8 cm³/mol. The second-order valence-electron chi connectivity index (χ2n) is 6.52. The van der Waals surface area contributed by atoms with Crippen LogP contribution in [0.4, 0.5) is 4.79 Å². The molecule has 2 fully saturated rings. The number of carbonyl (C=O) groups excluding carboxylic acids is 1. The van der Waals surface area contributed by atoms with Gasteiger partial charge in [-0.25, -0.2) is 9.78 Å². The first-order chi connectivity index (χ1) is 9.39. The largest absolute Gasteiger partial charge is 0.444 e. The van der Waals surface area contributed by atoms with Crippen LogP contribution in [0.3, 0.4) is 0 Å². The van der Waals surface area contributed by atoms with Crippen molar-refractivity contribution in [3.63, 3.8) is 0 Å². The molecule has 5 nitrogen and oxygen atoms in total. The van der Waals surface area contributed by atoms with E-state index in [1.54, 1.807) is 6.20 Å². The molecular formula is C15H19N3O2. The second kappa shape index (κ2) is 4.27. The van der Waals surface area contributed by atoms with Crippen LogP contribution in [-0.4, -0.2) is 32.6 Å². The average molecular weight is 273 g/mol. The van der Waals surface area contributed by atoms with E-state index in [-0.39, 0.29) is 12.1 Å². The molecule has 1 aliphatic heterocycles. The third kappa shape index (κ3) is 2.26. The topological polar surface area (TPSA) is 58.2 Å². The molecule has 1 aliphatic carbocycles. The van der Waals surface area contributed by atoms with Crippen molar-refractivity contribution in [3.8, 4) is 12.3 Å². The number of H-pyrrole nitrogens is 1. The van der Waals surface area contributed by atoms with Crippen molar-refractivity contribution in [3.05, 3.63) is 17.7 Å². The lowest BCUT2D eigenvalue weighted by Gasteiger charge is -2.29. The van der Waals surface area contributed by atoms with E-state index in [1.165, 1.54) is 0 Å². The molecule has 3 atom stereocenters.